The smallest absolute Gasteiger partial charge is 0.408 e. The molecule has 2 aromatic rings. The minimum absolute atomic E-state index is 0.0965. The van der Waals surface area contributed by atoms with Gasteiger partial charge in [-0.3, -0.25) is 9.59 Å². The van der Waals surface area contributed by atoms with E-state index in [0.717, 1.165) is 22.3 Å². The number of nitrogens with one attached hydrogen (secondary N) is 2. The Morgan fingerprint density at radius 2 is 1.55 bits per heavy atom. The summed E-state index contributed by atoms with van der Waals surface area (Å²) in [5.74, 6) is -1.75. The van der Waals surface area contributed by atoms with E-state index in [2.05, 4.69) is 22.8 Å². The van der Waals surface area contributed by atoms with E-state index >= 15 is 0 Å². The third-order valence-corrected chi connectivity index (χ3v) is 6.24. The van der Waals surface area contributed by atoms with Crippen LogP contribution in [0.25, 0.3) is 11.1 Å². The van der Waals surface area contributed by atoms with Gasteiger partial charge in [-0.05, 0) is 35.1 Å². The van der Waals surface area contributed by atoms with Gasteiger partial charge in [0, 0.05) is 12.5 Å². The number of carboxylic acids is 1. The van der Waals surface area contributed by atoms with Crippen molar-refractivity contribution in [3.8, 4) is 11.1 Å². The topological polar surface area (TPSA) is 125 Å². The van der Waals surface area contributed by atoms with Crippen molar-refractivity contribution in [2.45, 2.75) is 50.7 Å². The fourth-order valence-electron chi connectivity index (χ4n) is 4.29. The molecular formula is C25H30N2O6. The minimum atomic E-state index is -1.23. The molecule has 0 fully saturated rings. The predicted octanol–water partition coefficient (Wildman–Crippen LogP) is 3.04. The molecule has 1 aliphatic carbocycles. The van der Waals surface area contributed by atoms with Crippen LogP contribution < -0.4 is 10.6 Å². The monoisotopic (exact) mass is 454 g/mol. The van der Waals surface area contributed by atoms with Crippen LogP contribution in [0.5, 0.6) is 0 Å². The number of hydrogen-bond donors (Lipinski definition) is 4. The van der Waals surface area contributed by atoms with Crippen molar-refractivity contribution in [1.29, 1.82) is 0 Å². The average molecular weight is 455 g/mol. The maximum atomic E-state index is 12.8. The van der Waals surface area contributed by atoms with Crippen LogP contribution in [-0.2, 0) is 14.3 Å². The number of fused-ring (bicyclic) bond motifs is 3. The maximum Gasteiger partial charge on any atom is 0.408 e. The summed E-state index contributed by atoms with van der Waals surface area (Å²) in [6.07, 6.45) is -1.80. The Hall–Kier alpha value is -3.39. The van der Waals surface area contributed by atoms with Gasteiger partial charge in [-0.1, -0.05) is 62.4 Å². The van der Waals surface area contributed by atoms with E-state index in [1.54, 1.807) is 13.8 Å². The van der Waals surface area contributed by atoms with Crippen LogP contribution in [0.15, 0.2) is 48.5 Å². The normalized spacial score (nSPS) is 13.5. The van der Waals surface area contributed by atoms with E-state index in [0.29, 0.717) is 12.8 Å². The third-order valence-electron chi connectivity index (χ3n) is 6.24. The Morgan fingerprint density at radius 1 is 1.00 bits per heavy atom. The number of benzene rings is 2. The van der Waals surface area contributed by atoms with E-state index in [1.165, 1.54) is 0 Å². The van der Waals surface area contributed by atoms with Gasteiger partial charge in [0.2, 0.25) is 5.91 Å². The van der Waals surface area contributed by atoms with Crippen LogP contribution >= 0.6 is 0 Å². The molecule has 3 rings (SSSR count). The second kappa shape index (κ2) is 10.5. The van der Waals surface area contributed by atoms with Gasteiger partial charge in [0.15, 0.2) is 0 Å². The van der Waals surface area contributed by atoms with Crippen LogP contribution in [0.1, 0.15) is 50.2 Å². The van der Waals surface area contributed by atoms with Gasteiger partial charge < -0.3 is 25.6 Å². The molecule has 0 heterocycles. The first-order chi connectivity index (χ1) is 15.8. The summed E-state index contributed by atoms with van der Waals surface area (Å²) in [6.45, 7) is 3.43. The van der Waals surface area contributed by atoms with Crippen LogP contribution in [0.3, 0.4) is 0 Å². The summed E-state index contributed by atoms with van der Waals surface area (Å²) in [4.78, 5) is 36.2. The van der Waals surface area contributed by atoms with Crippen molar-refractivity contribution in [2.75, 3.05) is 13.2 Å². The zero-order valence-electron chi connectivity index (χ0n) is 18.8. The van der Waals surface area contributed by atoms with Crippen molar-refractivity contribution in [3.63, 3.8) is 0 Å². The summed E-state index contributed by atoms with van der Waals surface area (Å²) in [7, 11) is 0. The minimum Gasteiger partial charge on any atom is -0.481 e. The van der Waals surface area contributed by atoms with E-state index in [1.807, 2.05) is 36.4 Å². The van der Waals surface area contributed by atoms with Gasteiger partial charge >= 0.3 is 12.1 Å². The molecular weight excluding hydrogens is 424 g/mol. The molecule has 2 amide bonds. The van der Waals surface area contributed by atoms with Crippen molar-refractivity contribution < 1.29 is 29.3 Å². The molecule has 0 saturated carbocycles. The molecule has 33 heavy (non-hydrogen) atoms. The zero-order chi connectivity index (χ0) is 24.0. The number of amides is 2. The zero-order valence-corrected chi connectivity index (χ0v) is 18.8. The van der Waals surface area contributed by atoms with E-state index in [4.69, 9.17) is 9.84 Å². The highest BCUT2D eigenvalue weighted by Gasteiger charge is 2.38. The first-order valence-corrected chi connectivity index (χ1v) is 11.1. The van der Waals surface area contributed by atoms with Crippen LogP contribution in [0.4, 0.5) is 4.79 Å². The van der Waals surface area contributed by atoms with Gasteiger partial charge in [0.25, 0.3) is 0 Å². The quantitative estimate of drug-likeness (QED) is 0.437. The third kappa shape index (κ3) is 5.34. The van der Waals surface area contributed by atoms with Crippen LogP contribution in [0, 0.1) is 0 Å². The maximum absolute atomic E-state index is 12.8. The molecule has 8 nitrogen and oxygen atoms in total. The first-order valence-electron chi connectivity index (χ1n) is 11.1. The van der Waals surface area contributed by atoms with E-state index in [9.17, 15) is 19.5 Å². The molecule has 1 unspecified atom stereocenters. The number of rotatable bonds is 10. The summed E-state index contributed by atoms with van der Waals surface area (Å²) in [5.41, 5.74) is 3.20. The van der Waals surface area contributed by atoms with Gasteiger partial charge in [0.05, 0.1) is 12.5 Å². The number of carbonyl (C=O) groups excluding carboxylic acids is 2. The van der Waals surface area contributed by atoms with Gasteiger partial charge in [0.1, 0.15) is 12.1 Å². The van der Waals surface area contributed by atoms with Gasteiger partial charge in [-0.2, -0.15) is 0 Å². The lowest BCUT2D eigenvalue weighted by molar-refractivity contribution is -0.139. The van der Waals surface area contributed by atoms with Crippen LogP contribution in [0.2, 0.25) is 0 Å². The fourth-order valence-corrected chi connectivity index (χ4v) is 4.29. The summed E-state index contributed by atoms with van der Waals surface area (Å²) < 4.78 is 5.57. The lowest BCUT2D eigenvalue weighted by atomic mass is 9.91. The molecule has 176 valence electrons. The molecule has 0 aromatic heterocycles. The molecule has 0 aliphatic heterocycles. The van der Waals surface area contributed by atoms with Gasteiger partial charge in [-0.15, -0.1) is 0 Å². The standard InChI is InChI=1S/C25H30N2O6/c1-3-25(4-2,23(31)26-14-16(28)13-22(29)30)27-24(32)33-15-21-19-11-7-5-9-17(19)18-10-6-8-12-20(18)21/h5-12,16,21,28H,3-4,13-15H2,1-2H3,(H,26,31)(H,27,32)(H,29,30). The number of carboxylic acid groups (broad SMARTS) is 1. The summed E-state index contributed by atoms with van der Waals surface area (Å²) in [6, 6.07) is 16.0. The number of aliphatic carboxylic acids is 1. The van der Waals surface area contributed by atoms with Gasteiger partial charge in [-0.25, -0.2) is 4.79 Å². The summed E-state index contributed by atoms with van der Waals surface area (Å²) >= 11 is 0. The van der Waals surface area contributed by atoms with E-state index < -0.39 is 36.0 Å². The molecule has 4 N–H and O–H groups in total. The number of ether oxygens (including phenoxy) is 1. The largest absolute Gasteiger partial charge is 0.481 e. The average Bonchev–Trinajstić information content (AvgIpc) is 3.13. The molecule has 8 heteroatoms. The Morgan fingerprint density at radius 3 is 2.06 bits per heavy atom. The lowest BCUT2D eigenvalue weighted by Gasteiger charge is -2.31. The predicted molar refractivity (Wildman–Crippen MR) is 123 cm³/mol. The van der Waals surface area contributed by atoms with Crippen molar-refractivity contribution in [2.24, 2.45) is 0 Å². The van der Waals surface area contributed by atoms with Crippen molar-refractivity contribution in [1.82, 2.24) is 10.6 Å². The Bertz CT molecular complexity index is 972. The highest BCUT2D eigenvalue weighted by atomic mass is 16.5. The number of alkyl carbamates (subject to hydrolysis) is 1. The molecule has 0 radical (unpaired) electrons. The first kappa shape index (κ1) is 24.3. The number of hydrogen-bond acceptors (Lipinski definition) is 5. The SMILES string of the molecule is CCC(CC)(NC(=O)OCC1c2ccccc2-c2ccccc21)C(=O)NCC(O)CC(=O)O. The molecule has 0 saturated heterocycles. The molecule has 0 bridgehead atoms. The second-order valence-electron chi connectivity index (χ2n) is 8.20. The number of aliphatic hydroxyl groups is 1. The molecule has 1 aliphatic rings. The Labute approximate surface area is 193 Å². The van der Waals surface area contributed by atoms with E-state index in [-0.39, 0.29) is 19.1 Å². The summed E-state index contributed by atoms with van der Waals surface area (Å²) in [5, 5.41) is 23.7. The fraction of sp³-hybridized carbons (Fsp3) is 0.400. The Balaban J connectivity index is 1.65. The van der Waals surface area contributed by atoms with Crippen molar-refractivity contribution >= 4 is 18.0 Å². The molecule has 1 atom stereocenters. The second-order valence-corrected chi connectivity index (χ2v) is 8.20. The lowest BCUT2D eigenvalue weighted by Crippen LogP contribution is -2.59. The van der Waals surface area contributed by atoms with Crippen LogP contribution in [-0.4, -0.2) is 53.0 Å². The number of aliphatic hydroxyl groups excluding tert-OH is 1. The van der Waals surface area contributed by atoms with Crippen molar-refractivity contribution in [3.05, 3.63) is 59.7 Å². The number of carbonyl (C=O) groups is 3. The highest BCUT2D eigenvalue weighted by molar-refractivity contribution is 5.90. The Kier molecular flexibility index (Phi) is 7.71. The molecule has 0 spiro atoms. The highest BCUT2D eigenvalue weighted by Crippen LogP contribution is 2.44. The molecule has 2 aromatic carbocycles.